The van der Waals surface area contributed by atoms with E-state index in [1.54, 1.807) is 42.6 Å². The topological polar surface area (TPSA) is 124 Å². The molecule has 0 fully saturated rings. The molecule has 1 aromatic carbocycles. The summed E-state index contributed by atoms with van der Waals surface area (Å²) < 4.78 is 12.2. The molecule has 0 saturated carbocycles. The fraction of sp³-hybridized carbons (Fsp3) is 0.0455. The maximum Gasteiger partial charge on any atom is 0.294 e. The first kappa shape index (κ1) is 20.4. The van der Waals surface area contributed by atoms with Crippen LogP contribution in [-0.4, -0.2) is 31.6 Å². The smallest absolute Gasteiger partial charge is 0.294 e. The van der Waals surface area contributed by atoms with E-state index in [2.05, 4.69) is 25.9 Å². The van der Waals surface area contributed by atoms with Crippen molar-refractivity contribution < 1.29 is 18.8 Å². The number of rotatable bonds is 6. The molecule has 0 radical (unpaired) electrons. The predicted octanol–water partition coefficient (Wildman–Crippen LogP) is 4.38. The fourth-order valence-electron chi connectivity index (χ4n) is 3.04. The van der Waals surface area contributed by atoms with Gasteiger partial charge in [0.1, 0.15) is 5.75 Å². The van der Waals surface area contributed by atoms with Gasteiger partial charge in [-0.05, 0) is 42.1 Å². The Morgan fingerprint density at radius 3 is 2.79 bits per heavy atom. The lowest BCUT2D eigenvalue weighted by atomic mass is 10.3. The van der Waals surface area contributed by atoms with Crippen molar-refractivity contribution in [2.45, 2.75) is 6.92 Å². The van der Waals surface area contributed by atoms with Crippen LogP contribution in [0.15, 0.2) is 70.8 Å². The molecule has 33 heavy (non-hydrogen) atoms. The second kappa shape index (κ2) is 8.55. The maximum atomic E-state index is 12.4. The van der Waals surface area contributed by atoms with E-state index in [0.717, 1.165) is 5.56 Å². The van der Waals surface area contributed by atoms with Crippen LogP contribution in [0.1, 0.15) is 25.8 Å². The van der Waals surface area contributed by atoms with Gasteiger partial charge in [-0.3, -0.25) is 9.59 Å². The zero-order valence-corrected chi connectivity index (χ0v) is 18.0. The monoisotopic (exact) mass is 460 g/mol. The van der Waals surface area contributed by atoms with E-state index in [1.165, 1.54) is 28.1 Å². The quantitative estimate of drug-likeness (QED) is 0.385. The van der Waals surface area contributed by atoms with Crippen molar-refractivity contribution >= 4 is 40.3 Å². The number of fused-ring (bicyclic) bond motifs is 1. The van der Waals surface area contributed by atoms with E-state index in [9.17, 15) is 9.59 Å². The highest BCUT2D eigenvalue weighted by atomic mass is 32.1. The number of aromatic nitrogens is 4. The van der Waals surface area contributed by atoms with Crippen LogP contribution in [0.5, 0.6) is 11.6 Å². The van der Waals surface area contributed by atoms with Crippen molar-refractivity contribution in [3.05, 3.63) is 82.5 Å². The zero-order chi connectivity index (χ0) is 22.8. The maximum absolute atomic E-state index is 12.4. The van der Waals surface area contributed by atoms with Crippen LogP contribution >= 0.6 is 11.3 Å². The van der Waals surface area contributed by atoms with E-state index in [1.807, 2.05) is 18.4 Å². The van der Waals surface area contributed by atoms with Crippen LogP contribution in [0, 0.1) is 6.92 Å². The predicted molar refractivity (Wildman–Crippen MR) is 121 cm³/mol. The van der Waals surface area contributed by atoms with E-state index in [-0.39, 0.29) is 11.7 Å². The normalized spacial score (nSPS) is 10.8. The molecule has 4 heterocycles. The lowest BCUT2D eigenvalue weighted by Gasteiger charge is -2.07. The van der Waals surface area contributed by atoms with E-state index in [0.29, 0.717) is 33.7 Å². The number of benzene rings is 1. The van der Waals surface area contributed by atoms with Crippen molar-refractivity contribution in [1.82, 2.24) is 19.8 Å². The first-order valence-electron chi connectivity index (χ1n) is 9.77. The van der Waals surface area contributed by atoms with Gasteiger partial charge < -0.3 is 19.9 Å². The van der Waals surface area contributed by atoms with E-state index >= 15 is 0 Å². The molecule has 0 atom stereocenters. The van der Waals surface area contributed by atoms with Gasteiger partial charge in [0, 0.05) is 23.9 Å². The summed E-state index contributed by atoms with van der Waals surface area (Å²) in [5.41, 5.74) is 1.98. The molecule has 0 spiro atoms. The summed E-state index contributed by atoms with van der Waals surface area (Å²) in [6.45, 7) is 1.88. The van der Waals surface area contributed by atoms with Crippen molar-refractivity contribution in [3.8, 4) is 11.6 Å². The molecule has 2 amide bonds. The molecule has 0 bridgehead atoms. The highest BCUT2D eigenvalue weighted by Gasteiger charge is 2.14. The molecular formula is C22H16N6O4S. The summed E-state index contributed by atoms with van der Waals surface area (Å²) in [4.78, 5) is 29.6. The minimum absolute atomic E-state index is 0.102. The standard InChI is InChI=1S/C22H16N6O4S/c1-13-8-10-33-20(13)22(30)26-17-12-28-18(25-17)5-6-19(27-28)31-15-4-2-3-14(11-15)24-21(29)16-7-9-23-32-16/h2-12H,1H3,(H,24,29)(H,26,30). The lowest BCUT2D eigenvalue weighted by Crippen LogP contribution is -2.11. The van der Waals surface area contributed by atoms with Crippen LogP contribution in [0.25, 0.3) is 5.65 Å². The number of hydrogen-bond acceptors (Lipinski definition) is 8. The number of carbonyl (C=O) groups is 2. The molecule has 5 rings (SSSR count). The number of aryl methyl sites for hydroxylation is 1. The summed E-state index contributed by atoms with van der Waals surface area (Å²) in [5.74, 6) is 0.631. The Labute approximate surface area is 190 Å². The Hall–Kier alpha value is -4.51. The van der Waals surface area contributed by atoms with Crippen LogP contribution < -0.4 is 15.4 Å². The van der Waals surface area contributed by atoms with Crippen LogP contribution in [-0.2, 0) is 0 Å². The fourth-order valence-corrected chi connectivity index (χ4v) is 3.86. The van der Waals surface area contributed by atoms with Crippen molar-refractivity contribution in [1.29, 1.82) is 0 Å². The third kappa shape index (κ3) is 4.43. The van der Waals surface area contributed by atoms with E-state index < -0.39 is 5.91 Å². The summed E-state index contributed by atoms with van der Waals surface area (Å²) in [6, 6.07) is 13.6. The summed E-state index contributed by atoms with van der Waals surface area (Å²) >= 11 is 1.37. The zero-order valence-electron chi connectivity index (χ0n) is 17.2. The van der Waals surface area contributed by atoms with Crippen molar-refractivity contribution in [2.75, 3.05) is 10.6 Å². The Bertz CT molecular complexity index is 1460. The molecule has 11 heteroatoms. The minimum Gasteiger partial charge on any atom is -0.438 e. The number of ether oxygens (including phenoxy) is 1. The molecule has 0 saturated heterocycles. The average Bonchev–Trinajstić information content (AvgIpc) is 3.54. The largest absolute Gasteiger partial charge is 0.438 e. The van der Waals surface area contributed by atoms with Crippen LogP contribution in [0.2, 0.25) is 0 Å². The van der Waals surface area contributed by atoms with Crippen molar-refractivity contribution in [2.24, 2.45) is 0 Å². The molecule has 164 valence electrons. The number of carbonyl (C=O) groups excluding carboxylic acids is 2. The molecule has 0 aliphatic carbocycles. The average molecular weight is 460 g/mol. The Balaban J connectivity index is 1.30. The first-order valence-corrected chi connectivity index (χ1v) is 10.6. The van der Waals surface area contributed by atoms with Gasteiger partial charge in [-0.15, -0.1) is 16.4 Å². The molecule has 10 nitrogen and oxygen atoms in total. The van der Waals surface area contributed by atoms with E-state index in [4.69, 9.17) is 9.26 Å². The Morgan fingerprint density at radius 2 is 2.00 bits per heavy atom. The van der Waals surface area contributed by atoms with Gasteiger partial charge >= 0.3 is 0 Å². The summed E-state index contributed by atoms with van der Waals surface area (Å²) in [7, 11) is 0. The number of hydrogen-bond donors (Lipinski definition) is 2. The molecular weight excluding hydrogens is 444 g/mol. The van der Waals surface area contributed by atoms with Crippen LogP contribution in [0.3, 0.4) is 0 Å². The number of nitrogens with one attached hydrogen (secondary N) is 2. The number of nitrogens with zero attached hydrogens (tertiary/aromatic N) is 4. The van der Waals surface area contributed by atoms with Gasteiger partial charge in [0.25, 0.3) is 11.8 Å². The molecule has 4 aromatic heterocycles. The van der Waals surface area contributed by atoms with Gasteiger partial charge in [0.05, 0.1) is 17.3 Å². The number of thiophene rings is 1. The molecule has 2 N–H and O–H groups in total. The van der Waals surface area contributed by atoms with Gasteiger partial charge in [-0.25, -0.2) is 9.50 Å². The van der Waals surface area contributed by atoms with Crippen molar-refractivity contribution in [3.63, 3.8) is 0 Å². The van der Waals surface area contributed by atoms with Gasteiger partial charge in [-0.2, -0.15) is 0 Å². The minimum atomic E-state index is -0.421. The SMILES string of the molecule is Cc1ccsc1C(=O)Nc1cn2nc(Oc3cccc(NC(=O)c4ccno4)c3)ccc2n1. The van der Waals surface area contributed by atoms with Gasteiger partial charge in [0.15, 0.2) is 11.5 Å². The third-order valence-corrected chi connectivity index (χ3v) is 5.60. The summed E-state index contributed by atoms with van der Waals surface area (Å²) in [6.07, 6.45) is 3.00. The van der Waals surface area contributed by atoms with Gasteiger partial charge in [-0.1, -0.05) is 11.2 Å². The first-order chi connectivity index (χ1) is 16.0. The second-order valence-corrected chi connectivity index (χ2v) is 7.86. The highest BCUT2D eigenvalue weighted by molar-refractivity contribution is 7.12. The Kier molecular flexibility index (Phi) is 5.29. The lowest BCUT2D eigenvalue weighted by molar-refractivity contribution is 0.0986. The molecule has 5 aromatic rings. The second-order valence-electron chi connectivity index (χ2n) is 6.95. The number of imidazole rings is 1. The number of amides is 2. The summed E-state index contributed by atoms with van der Waals surface area (Å²) in [5, 5.41) is 15.3. The third-order valence-electron chi connectivity index (χ3n) is 4.58. The van der Waals surface area contributed by atoms with Crippen LogP contribution in [0.4, 0.5) is 11.5 Å². The Morgan fingerprint density at radius 1 is 1.09 bits per heavy atom. The molecule has 0 unspecified atom stereocenters. The molecule has 0 aliphatic heterocycles. The van der Waals surface area contributed by atoms with Gasteiger partial charge in [0.2, 0.25) is 11.6 Å². The number of anilines is 2. The highest BCUT2D eigenvalue weighted by Crippen LogP contribution is 2.24. The molecule has 0 aliphatic rings.